The molecule has 4 rings (SSSR count). The van der Waals surface area contributed by atoms with Crippen molar-refractivity contribution in [3.05, 3.63) is 35.4 Å². The molecule has 0 bridgehead atoms. The number of carbonyl (C=O) groups is 1. The third-order valence-electron chi connectivity index (χ3n) is 6.74. The van der Waals surface area contributed by atoms with Gasteiger partial charge in [0.1, 0.15) is 18.2 Å². The summed E-state index contributed by atoms with van der Waals surface area (Å²) >= 11 is 0. The minimum atomic E-state index is -0.786. The van der Waals surface area contributed by atoms with Crippen LogP contribution in [0.2, 0.25) is 6.82 Å². The van der Waals surface area contributed by atoms with E-state index in [-0.39, 0.29) is 29.5 Å². The van der Waals surface area contributed by atoms with Crippen molar-refractivity contribution in [3.63, 3.8) is 0 Å². The summed E-state index contributed by atoms with van der Waals surface area (Å²) in [6, 6.07) is 3.56. The van der Waals surface area contributed by atoms with Crippen molar-refractivity contribution in [1.82, 2.24) is 10.1 Å². The van der Waals surface area contributed by atoms with Crippen LogP contribution in [0, 0.1) is 5.92 Å². The lowest BCUT2D eigenvalue weighted by Gasteiger charge is -2.37. The predicted molar refractivity (Wildman–Crippen MR) is 119 cm³/mol. The topological polar surface area (TPSA) is 80.3 Å². The van der Waals surface area contributed by atoms with Crippen LogP contribution in [-0.2, 0) is 21.5 Å². The molecule has 1 aromatic rings. The van der Waals surface area contributed by atoms with Crippen molar-refractivity contribution < 1.29 is 24.0 Å². The second kappa shape index (κ2) is 8.49. The van der Waals surface area contributed by atoms with E-state index in [2.05, 4.69) is 29.3 Å². The number of benzene rings is 1. The van der Waals surface area contributed by atoms with Gasteiger partial charge >= 0.3 is 13.0 Å². The van der Waals surface area contributed by atoms with Gasteiger partial charge in [-0.1, -0.05) is 26.0 Å². The number of hydrogen-bond donors (Lipinski definition) is 2. The molecule has 3 aliphatic rings. The molecule has 0 radical (unpaired) electrons. The Hall–Kier alpha value is -2.03. The van der Waals surface area contributed by atoms with Gasteiger partial charge in [-0.2, -0.15) is 0 Å². The molecule has 2 N–H and O–H groups in total. The number of esters is 1. The van der Waals surface area contributed by atoms with E-state index in [1.807, 2.05) is 26.0 Å². The number of hydrogen-bond acceptors (Lipinski definition) is 7. The van der Waals surface area contributed by atoms with E-state index < -0.39 is 13.1 Å². The smallest absolute Gasteiger partial charge is 0.374 e. The molecule has 2 heterocycles. The SMILES string of the molecule is COc1ccc2c3c1O[C@H]1C[C@@H](OC(=O)[C@H](NB(C)O)C(C)C)C=C[C@@]31CCN(C)C2. The van der Waals surface area contributed by atoms with Crippen LogP contribution in [0.1, 0.15) is 37.8 Å². The Labute approximate surface area is 184 Å². The molecule has 0 unspecified atom stereocenters. The standard InChI is InChI=1S/C23H33BN2O5/c1-14(2)20(25-24(3)28)22(27)30-16-8-9-23-10-11-26(4)13-15-6-7-17(29-5)21(19(15)23)31-18(23)12-16/h6-9,14,16,18,20,25,28H,10-13H2,1-5H3/t16-,18-,20+,23-/m0/s1. The summed E-state index contributed by atoms with van der Waals surface area (Å²) in [7, 11) is 3.02. The van der Waals surface area contributed by atoms with Crippen LogP contribution in [0.4, 0.5) is 0 Å². The monoisotopic (exact) mass is 428 g/mol. The van der Waals surface area contributed by atoms with Crippen molar-refractivity contribution in [1.29, 1.82) is 0 Å². The summed E-state index contributed by atoms with van der Waals surface area (Å²) in [5.41, 5.74) is 2.25. The van der Waals surface area contributed by atoms with Crippen molar-refractivity contribution in [2.75, 3.05) is 20.7 Å². The largest absolute Gasteiger partial charge is 0.493 e. The summed E-state index contributed by atoms with van der Waals surface area (Å²) in [5.74, 6) is 1.22. The van der Waals surface area contributed by atoms with Gasteiger partial charge in [0.05, 0.1) is 12.5 Å². The lowest BCUT2D eigenvalue weighted by Crippen LogP contribution is -2.50. The molecule has 0 fully saturated rings. The molecule has 168 valence electrons. The maximum atomic E-state index is 12.8. The van der Waals surface area contributed by atoms with Gasteiger partial charge in [-0.3, -0.25) is 4.79 Å². The molecule has 1 aliphatic carbocycles. The van der Waals surface area contributed by atoms with E-state index in [0.717, 1.165) is 31.0 Å². The van der Waals surface area contributed by atoms with E-state index in [9.17, 15) is 9.82 Å². The quantitative estimate of drug-likeness (QED) is 0.408. The number of nitrogens with one attached hydrogen (secondary N) is 1. The van der Waals surface area contributed by atoms with Crippen molar-refractivity contribution in [3.8, 4) is 11.5 Å². The fraction of sp³-hybridized carbons (Fsp3) is 0.609. The molecule has 0 saturated carbocycles. The fourth-order valence-corrected chi connectivity index (χ4v) is 5.17. The van der Waals surface area contributed by atoms with Crippen molar-refractivity contribution in [2.45, 2.75) is 63.7 Å². The molecule has 8 heteroatoms. The van der Waals surface area contributed by atoms with Crippen LogP contribution >= 0.6 is 0 Å². The summed E-state index contributed by atoms with van der Waals surface area (Å²) in [5, 5.41) is 12.6. The summed E-state index contributed by atoms with van der Waals surface area (Å²) in [4.78, 5) is 15.1. The molecule has 2 aliphatic heterocycles. The Morgan fingerprint density at radius 2 is 2.19 bits per heavy atom. The van der Waals surface area contributed by atoms with Gasteiger partial charge in [0, 0.05) is 18.5 Å². The zero-order valence-electron chi connectivity index (χ0n) is 19.1. The zero-order valence-corrected chi connectivity index (χ0v) is 19.1. The molecule has 1 aromatic carbocycles. The third kappa shape index (κ3) is 3.97. The number of carbonyl (C=O) groups excluding carboxylic acids is 1. The van der Waals surface area contributed by atoms with E-state index in [4.69, 9.17) is 14.2 Å². The Morgan fingerprint density at radius 3 is 2.87 bits per heavy atom. The zero-order chi connectivity index (χ0) is 22.3. The number of rotatable bonds is 6. The van der Waals surface area contributed by atoms with Gasteiger partial charge in [-0.25, -0.2) is 0 Å². The molecule has 4 atom stereocenters. The molecule has 0 amide bonds. The van der Waals surface area contributed by atoms with Gasteiger partial charge in [-0.05, 0) is 50.5 Å². The van der Waals surface area contributed by atoms with Crippen LogP contribution < -0.4 is 14.7 Å². The fourth-order valence-electron chi connectivity index (χ4n) is 5.17. The highest BCUT2D eigenvalue weighted by molar-refractivity contribution is 6.46. The maximum absolute atomic E-state index is 12.8. The molecule has 7 nitrogen and oxygen atoms in total. The minimum Gasteiger partial charge on any atom is -0.493 e. The van der Waals surface area contributed by atoms with Crippen molar-refractivity contribution >= 4 is 13.0 Å². The van der Waals surface area contributed by atoms with Crippen LogP contribution in [-0.4, -0.2) is 61.9 Å². The first kappa shape index (κ1) is 22.2. The lowest BCUT2D eigenvalue weighted by atomic mass is 9.69. The number of nitrogens with zero attached hydrogens (tertiary/aromatic N) is 1. The summed E-state index contributed by atoms with van der Waals surface area (Å²) in [6.45, 7) is 7.29. The highest BCUT2D eigenvalue weighted by atomic mass is 16.6. The molecule has 0 aromatic heterocycles. The first-order valence-electron chi connectivity index (χ1n) is 11.1. The molecular formula is C23H33BN2O5. The Kier molecular flexibility index (Phi) is 6.07. The average Bonchev–Trinajstić information content (AvgIpc) is 2.97. The third-order valence-corrected chi connectivity index (χ3v) is 6.74. The lowest BCUT2D eigenvalue weighted by molar-refractivity contribution is -0.151. The minimum absolute atomic E-state index is 0.00258. The van der Waals surface area contributed by atoms with Crippen molar-refractivity contribution in [2.24, 2.45) is 5.92 Å². The number of ether oxygens (including phenoxy) is 3. The average molecular weight is 428 g/mol. The van der Waals surface area contributed by atoms with Gasteiger partial charge in [0.2, 0.25) is 0 Å². The van der Waals surface area contributed by atoms with Crippen LogP contribution in [0.5, 0.6) is 11.5 Å². The Morgan fingerprint density at radius 1 is 1.42 bits per heavy atom. The molecular weight excluding hydrogens is 395 g/mol. The molecule has 1 spiro atoms. The Balaban J connectivity index is 1.61. The molecule has 31 heavy (non-hydrogen) atoms. The van der Waals surface area contributed by atoms with Crippen LogP contribution in [0.3, 0.4) is 0 Å². The second-order valence-electron chi connectivity index (χ2n) is 9.40. The maximum Gasteiger partial charge on any atom is 0.374 e. The summed E-state index contributed by atoms with van der Waals surface area (Å²) < 4.78 is 17.9. The van der Waals surface area contributed by atoms with Gasteiger partial charge < -0.3 is 29.4 Å². The van der Waals surface area contributed by atoms with Crippen LogP contribution in [0.25, 0.3) is 0 Å². The summed E-state index contributed by atoms with van der Waals surface area (Å²) in [6.07, 6.45) is 5.25. The highest BCUT2D eigenvalue weighted by Gasteiger charge is 2.53. The first-order chi connectivity index (χ1) is 14.7. The molecule has 0 saturated heterocycles. The van der Waals surface area contributed by atoms with E-state index >= 15 is 0 Å². The predicted octanol–water partition coefficient (Wildman–Crippen LogP) is 2.13. The van der Waals surface area contributed by atoms with Gasteiger partial charge in [0.25, 0.3) is 0 Å². The van der Waals surface area contributed by atoms with Gasteiger partial charge in [0.15, 0.2) is 11.5 Å². The van der Waals surface area contributed by atoms with E-state index in [0.29, 0.717) is 6.42 Å². The highest BCUT2D eigenvalue weighted by Crippen LogP contribution is 2.55. The van der Waals surface area contributed by atoms with Gasteiger partial charge in [-0.15, -0.1) is 0 Å². The number of methoxy groups -OCH3 is 1. The van der Waals surface area contributed by atoms with E-state index in [1.165, 1.54) is 11.1 Å². The first-order valence-corrected chi connectivity index (χ1v) is 11.1. The Bertz CT molecular complexity index is 874. The second-order valence-corrected chi connectivity index (χ2v) is 9.40. The van der Waals surface area contributed by atoms with E-state index in [1.54, 1.807) is 13.9 Å². The normalized spacial score (nSPS) is 27.7. The van der Waals surface area contributed by atoms with Crippen LogP contribution in [0.15, 0.2) is 24.3 Å².